The first kappa shape index (κ1) is 17.7. The minimum absolute atomic E-state index is 0.0173. The molecule has 0 fully saturated rings. The van der Waals surface area contributed by atoms with Crippen LogP contribution in [0.2, 0.25) is 0 Å². The number of halogens is 3. The van der Waals surface area contributed by atoms with Crippen LogP contribution in [0.15, 0.2) is 47.4 Å². The predicted octanol–water partition coefficient (Wildman–Crippen LogP) is 4.51. The van der Waals surface area contributed by atoms with Gasteiger partial charge in [0.1, 0.15) is 5.82 Å². The van der Waals surface area contributed by atoms with E-state index in [2.05, 4.69) is 0 Å². The van der Waals surface area contributed by atoms with E-state index in [0.717, 1.165) is 41.7 Å². The third-order valence-electron chi connectivity index (χ3n) is 4.33. The lowest BCUT2D eigenvalue weighted by Gasteiger charge is -2.11. The molecule has 0 heterocycles. The highest BCUT2D eigenvalue weighted by Crippen LogP contribution is 2.40. The molecule has 3 nitrogen and oxygen atoms in total. The van der Waals surface area contributed by atoms with Gasteiger partial charge in [-0.1, -0.05) is 18.2 Å². The van der Waals surface area contributed by atoms with Crippen molar-refractivity contribution >= 4 is 21.2 Å². The van der Waals surface area contributed by atoms with Crippen molar-refractivity contribution in [3.8, 4) is 0 Å². The third kappa shape index (κ3) is 3.62. The second kappa shape index (κ2) is 6.65. The number of alkyl halides is 2. The molecule has 2 aromatic carbocycles. The Morgan fingerprint density at radius 2 is 1.48 bits per heavy atom. The summed E-state index contributed by atoms with van der Waals surface area (Å²) >= 11 is 0. The topological polar surface area (TPSA) is 60.2 Å². The van der Waals surface area contributed by atoms with Crippen LogP contribution in [0.3, 0.4) is 0 Å². The van der Waals surface area contributed by atoms with E-state index in [1.807, 2.05) is 0 Å². The van der Waals surface area contributed by atoms with E-state index in [9.17, 15) is 21.6 Å². The van der Waals surface area contributed by atoms with Crippen LogP contribution in [0, 0.1) is 5.82 Å². The first-order valence-corrected chi connectivity index (χ1v) is 9.25. The van der Waals surface area contributed by atoms with Gasteiger partial charge >= 0.3 is 0 Å². The minimum atomic E-state index is -3.76. The van der Waals surface area contributed by atoms with Crippen LogP contribution in [0.5, 0.6) is 0 Å². The molecule has 0 aromatic heterocycles. The third-order valence-corrected chi connectivity index (χ3v) is 5.26. The Balaban J connectivity index is 2.02. The van der Waals surface area contributed by atoms with Gasteiger partial charge in [0.05, 0.1) is 10.5 Å². The van der Waals surface area contributed by atoms with Crippen LogP contribution in [-0.4, -0.2) is 8.42 Å². The zero-order valence-corrected chi connectivity index (χ0v) is 14.0. The maximum absolute atomic E-state index is 13.9. The molecule has 132 valence electrons. The van der Waals surface area contributed by atoms with Gasteiger partial charge in [-0.25, -0.2) is 26.7 Å². The van der Waals surface area contributed by atoms with Crippen molar-refractivity contribution in [3.05, 3.63) is 65.0 Å². The summed E-state index contributed by atoms with van der Waals surface area (Å²) in [5.41, 5.74) is 2.64. The number of nitrogens with two attached hydrogens (primary N) is 1. The quantitative estimate of drug-likeness (QED) is 0.865. The van der Waals surface area contributed by atoms with Gasteiger partial charge in [-0.15, -0.1) is 0 Å². The molecule has 0 unspecified atom stereocenters. The van der Waals surface area contributed by atoms with Crippen molar-refractivity contribution in [2.45, 2.75) is 30.6 Å². The van der Waals surface area contributed by atoms with Crippen LogP contribution >= 0.6 is 0 Å². The molecular weight excluding hydrogens is 351 g/mol. The van der Waals surface area contributed by atoms with Crippen molar-refractivity contribution in [1.82, 2.24) is 0 Å². The Labute approximate surface area is 144 Å². The zero-order chi connectivity index (χ0) is 18.2. The van der Waals surface area contributed by atoms with Crippen molar-refractivity contribution < 1.29 is 21.6 Å². The van der Waals surface area contributed by atoms with Gasteiger partial charge in [-0.3, -0.25) is 0 Å². The SMILES string of the molecule is NS(=O)(=O)c1ccc(C2=C(c3ccc(C(F)F)c(F)c3)CCC2)cc1. The second-order valence-electron chi connectivity index (χ2n) is 5.92. The number of primary sulfonamides is 1. The lowest BCUT2D eigenvalue weighted by atomic mass is 9.96. The largest absolute Gasteiger partial charge is 0.266 e. The van der Waals surface area contributed by atoms with Crippen LogP contribution in [0.1, 0.15) is 42.4 Å². The molecule has 0 aliphatic heterocycles. The molecule has 0 saturated carbocycles. The van der Waals surface area contributed by atoms with Gasteiger partial charge in [0.2, 0.25) is 10.0 Å². The Morgan fingerprint density at radius 1 is 0.920 bits per heavy atom. The van der Waals surface area contributed by atoms with Gasteiger partial charge in [-0.05, 0) is 65.8 Å². The molecular formula is C18H16F3NO2S. The van der Waals surface area contributed by atoms with Crippen molar-refractivity contribution in [3.63, 3.8) is 0 Å². The molecule has 0 radical (unpaired) electrons. The van der Waals surface area contributed by atoms with Gasteiger partial charge in [0, 0.05) is 0 Å². The van der Waals surface area contributed by atoms with E-state index in [4.69, 9.17) is 5.14 Å². The van der Waals surface area contributed by atoms with E-state index in [1.165, 1.54) is 18.2 Å². The van der Waals surface area contributed by atoms with Gasteiger partial charge in [0.15, 0.2) is 0 Å². The molecule has 2 aromatic rings. The van der Waals surface area contributed by atoms with E-state index in [1.54, 1.807) is 12.1 Å². The Kier molecular flexibility index (Phi) is 4.71. The summed E-state index contributed by atoms with van der Waals surface area (Å²) < 4.78 is 62.0. The fourth-order valence-corrected chi connectivity index (χ4v) is 3.63. The first-order valence-electron chi connectivity index (χ1n) is 7.70. The molecule has 7 heteroatoms. The summed E-state index contributed by atoms with van der Waals surface area (Å²) in [6.45, 7) is 0. The standard InChI is InChI=1S/C18H16F3NO2S/c19-17-10-12(6-9-16(17)18(20)21)15-3-1-2-14(15)11-4-7-13(8-5-11)25(22,23)24/h4-10,18H,1-3H2,(H2,22,23,24). The number of allylic oxidation sites excluding steroid dienone is 2. The van der Waals surface area contributed by atoms with E-state index in [0.29, 0.717) is 12.0 Å². The summed E-state index contributed by atoms with van der Waals surface area (Å²) in [4.78, 5) is 0.0173. The summed E-state index contributed by atoms with van der Waals surface area (Å²) in [5, 5.41) is 5.09. The molecule has 0 atom stereocenters. The van der Waals surface area contributed by atoms with Crippen LogP contribution < -0.4 is 5.14 Å². The highest BCUT2D eigenvalue weighted by Gasteiger charge is 2.20. The highest BCUT2D eigenvalue weighted by molar-refractivity contribution is 7.89. The summed E-state index contributed by atoms with van der Waals surface area (Å²) in [6, 6.07) is 9.92. The zero-order valence-electron chi connectivity index (χ0n) is 13.2. The van der Waals surface area contributed by atoms with Gasteiger partial charge in [0.25, 0.3) is 6.43 Å². The van der Waals surface area contributed by atoms with Gasteiger partial charge in [-0.2, -0.15) is 0 Å². The number of sulfonamides is 1. The molecule has 1 aliphatic carbocycles. The number of hydrogen-bond donors (Lipinski definition) is 1. The van der Waals surface area contributed by atoms with Crippen LogP contribution in [-0.2, 0) is 10.0 Å². The molecule has 1 aliphatic rings. The number of rotatable bonds is 4. The number of benzene rings is 2. The molecule has 0 bridgehead atoms. The van der Waals surface area contributed by atoms with E-state index in [-0.39, 0.29) is 4.90 Å². The lowest BCUT2D eigenvalue weighted by molar-refractivity contribution is 0.146. The molecule has 3 rings (SSSR count). The lowest BCUT2D eigenvalue weighted by Crippen LogP contribution is -2.11. The fourth-order valence-electron chi connectivity index (χ4n) is 3.12. The normalized spacial score (nSPS) is 15.2. The maximum atomic E-state index is 13.9. The minimum Gasteiger partial charge on any atom is -0.225 e. The average molecular weight is 367 g/mol. The fraction of sp³-hybridized carbons (Fsp3) is 0.222. The predicted molar refractivity (Wildman–Crippen MR) is 89.8 cm³/mol. The van der Waals surface area contributed by atoms with Crippen molar-refractivity contribution in [2.24, 2.45) is 5.14 Å². The summed E-state index contributed by atoms with van der Waals surface area (Å²) in [7, 11) is -3.76. The van der Waals surface area contributed by atoms with E-state index >= 15 is 0 Å². The van der Waals surface area contributed by atoms with E-state index < -0.39 is 27.8 Å². The Bertz CT molecular complexity index is 935. The van der Waals surface area contributed by atoms with Crippen LogP contribution in [0.25, 0.3) is 11.1 Å². The molecule has 2 N–H and O–H groups in total. The van der Waals surface area contributed by atoms with Crippen molar-refractivity contribution in [2.75, 3.05) is 0 Å². The summed E-state index contributed by atoms with van der Waals surface area (Å²) in [6.07, 6.45) is -0.529. The van der Waals surface area contributed by atoms with Crippen LogP contribution in [0.4, 0.5) is 13.2 Å². The van der Waals surface area contributed by atoms with Gasteiger partial charge < -0.3 is 0 Å². The van der Waals surface area contributed by atoms with Crippen molar-refractivity contribution in [1.29, 1.82) is 0 Å². The Morgan fingerprint density at radius 3 is 2.00 bits per heavy atom. The molecule has 0 spiro atoms. The summed E-state index contributed by atoms with van der Waals surface area (Å²) in [5.74, 6) is -0.921. The maximum Gasteiger partial charge on any atom is 0.266 e. The monoisotopic (exact) mass is 367 g/mol. The number of hydrogen-bond acceptors (Lipinski definition) is 2. The molecule has 0 saturated heterocycles. The average Bonchev–Trinajstić information content (AvgIpc) is 3.03. The smallest absolute Gasteiger partial charge is 0.225 e. The molecule has 25 heavy (non-hydrogen) atoms. The first-order chi connectivity index (χ1) is 11.8. The second-order valence-corrected chi connectivity index (χ2v) is 7.48. The molecule has 0 amide bonds. The highest BCUT2D eigenvalue weighted by atomic mass is 32.2. The Hall–Kier alpha value is -2.12.